The lowest BCUT2D eigenvalue weighted by Gasteiger charge is -2.27. The number of aryl methyl sites for hydroxylation is 1. The molecule has 7 nitrogen and oxygen atoms in total. The Hall–Kier alpha value is -3.90. The Bertz CT molecular complexity index is 1640. The molecule has 230 valence electrons. The van der Waals surface area contributed by atoms with E-state index in [0.717, 1.165) is 28.5 Å². The minimum atomic E-state index is -4.74. The van der Waals surface area contributed by atoms with Gasteiger partial charge in [-0.3, -0.25) is 0 Å². The summed E-state index contributed by atoms with van der Waals surface area (Å²) in [5.41, 5.74) is 6.22. The van der Waals surface area contributed by atoms with E-state index < -0.39 is 6.36 Å². The van der Waals surface area contributed by atoms with Crippen molar-refractivity contribution in [2.24, 2.45) is 4.99 Å². The summed E-state index contributed by atoms with van der Waals surface area (Å²) < 4.78 is 42.7. The van der Waals surface area contributed by atoms with E-state index in [0.29, 0.717) is 35.1 Å². The van der Waals surface area contributed by atoms with E-state index in [4.69, 9.17) is 17.2 Å². The Labute approximate surface area is 264 Å². The summed E-state index contributed by atoms with van der Waals surface area (Å²) in [6.07, 6.45) is -2.47. The largest absolute Gasteiger partial charge is 0.573 e. The number of thiocarbonyl (C=S) groups is 1. The van der Waals surface area contributed by atoms with Crippen LogP contribution in [0, 0.1) is 6.92 Å². The zero-order chi connectivity index (χ0) is 31.4. The first kappa shape index (κ1) is 31.5. The van der Waals surface area contributed by atoms with Gasteiger partial charge in [-0.05, 0) is 85.4 Å². The highest BCUT2D eigenvalue weighted by Crippen LogP contribution is 2.36. The monoisotopic (exact) mass is 638 g/mol. The van der Waals surface area contributed by atoms with Crippen LogP contribution in [0.2, 0.25) is 0 Å². The smallest absolute Gasteiger partial charge is 0.406 e. The standard InChI is InChI=1S/C32H33F3N6OS2/c1-20(2)27-14-5-21(3)17-28(27)41-22(4)18-44-31(41)38-30(43)36-16-15-23-6-8-24(9-7-23)29-37-19-40(39-29)25-10-12-26(13-11-25)42-32(33,34)35/h5-14,17,19-20,22H,15-16,18H2,1-4H3,(H,36,43)/b38-31-. The quantitative estimate of drug-likeness (QED) is 0.199. The average molecular weight is 639 g/mol. The number of aliphatic imine (C=N–C) groups is 1. The van der Waals surface area contributed by atoms with Crippen molar-refractivity contribution in [3.63, 3.8) is 0 Å². The summed E-state index contributed by atoms with van der Waals surface area (Å²) in [4.78, 5) is 11.5. The molecule has 44 heavy (non-hydrogen) atoms. The topological polar surface area (TPSA) is 67.6 Å². The summed E-state index contributed by atoms with van der Waals surface area (Å²) in [7, 11) is 0. The van der Waals surface area contributed by atoms with Crippen LogP contribution < -0.4 is 15.0 Å². The average Bonchev–Trinajstić information content (AvgIpc) is 3.60. The van der Waals surface area contributed by atoms with Crippen LogP contribution in [-0.2, 0) is 6.42 Å². The summed E-state index contributed by atoms with van der Waals surface area (Å²) in [6.45, 7) is 9.39. The molecule has 0 amide bonds. The number of benzene rings is 3. The number of hydrogen-bond acceptors (Lipinski definition) is 5. The molecule has 1 aromatic heterocycles. The molecule has 0 bridgehead atoms. The van der Waals surface area contributed by atoms with Gasteiger partial charge in [0.25, 0.3) is 0 Å². The number of rotatable bonds is 8. The van der Waals surface area contributed by atoms with Gasteiger partial charge in [-0.2, -0.15) is 4.99 Å². The van der Waals surface area contributed by atoms with E-state index in [2.05, 4.69) is 70.9 Å². The summed E-state index contributed by atoms with van der Waals surface area (Å²) in [5.74, 6) is 1.56. The number of thioether (sulfide) groups is 1. The van der Waals surface area contributed by atoms with Gasteiger partial charge in [-0.15, -0.1) is 18.3 Å². The molecule has 0 spiro atoms. The number of ether oxygens (including phenoxy) is 1. The molecule has 1 atom stereocenters. The first-order valence-electron chi connectivity index (χ1n) is 14.2. The van der Waals surface area contributed by atoms with Crippen LogP contribution >= 0.6 is 24.0 Å². The second-order valence-electron chi connectivity index (χ2n) is 10.9. The molecule has 1 aliphatic heterocycles. The number of aromatic nitrogens is 3. The fourth-order valence-electron chi connectivity index (χ4n) is 4.89. The molecule has 5 rings (SSSR count). The highest BCUT2D eigenvalue weighted by Gasteiger charge is 2.31. The van der Waals surface area contributed by atoms with Gasteiger partial charge in [0.1, 0.15) is 12.1 Å². The second kappa shape index (κ2) is 13.4. The van der Waals surface area contributed by atoms with Crippen LogP contribution in [0.1, 0.15) is 43.4 Å². The van der Waals surface area contributed by atoms with Crippen molar-refractivity contribution in [3.05, 3.63) is 89.7 Å². The Morgan fingerprint density at radius 1 is 1.11 bits per heavy atom. The summed E-state index contributed by atoms with van der Waals surface area (Å²) >= 11 is 7.33. The lowest BCUT2D eigenvalue weighted by Crippen LogP contribution is -2.34. The van der Waals surface area contributed by atoms with E-state index in [9.17, 15) is 13.2 Å². The molecule has 4 aromatic rings. The van der Waals surface area contributed by atoms with Crippen LogP contribution in [-0.4, -0.2) is 49.7 Å². The number of nitrogens with zero attached hydrogens (tertiary/aromatic N) is 5. The molecule has 1 fully saturated rings. The van der Waals surface area contributed by atoms with Crippen LogP contribution in [0.4, 0.5) is 18.9 Å². The lowest BCUT2D eigenvalue weighted by molar-refractivity contribution is -0.274. The van der Waals surface area contributed by atoms with Gasteiger partial charge >= 0.3 is 6.36 Å². The Morgan fingerprint density at radius 2 is 1.84 bits per heavy atom. The molecule has 12 heteroatoms. The van der Waals surface area contributed by atoms with Gasteiger partial charge in [0.15, 0.2) is 16.1 Å². The van der Waals surface area contributed by atoms with E-state index in [1.807, 2.05) is 24.3 Å². The fourth-order valence-corrected chi connectivity index (χ4v) is 6.24. The highest BCUT2D eigenvalue weighted by molar-refractivity contribution is 8.14. The molecule has 0 aliphatic carbocycles. The van der Waals surface area contributed by atoms with E-state index in [-0.39, 0.29) is 5.75 Å². The van der Waals surface area contributed by atoms with Crippen molar-refractivity contribution >= 4 is 39.9 Å². The molecule has 0 radical (unpaired) electrons. The number of halogens is 3. The normalized spacial score (nSPS) is 16.1. The third-order valence-corrected chi connectivity index (χ3v) is 8.52. The van der Waals surface area contributed by atoms with Gasteiger partial charge < -0.3 is 15.0 Å². The summed E-state index contributed by atoms with van der Waals surface area (Å²) in [6, 6.07) is 20.3. The van der Waals surface area contributed by atoms with Crippen LogP contribution in [0.25, 0.3) is 17.1 Å². The number of anilines is 1. The first-order valence-corrected chi connectivity index (χ1v) is 15.6. The van der Waals surface area contributed by atoms with Crippen molar-refractivity contribution in [3.8, 4) is 22.8 Å². The van der Waals surface area contributed by atoms with Crippen molar-refractivity contribution in [1.82, 2.24) is 20.1 Å². The Morgan fingerprint density at radius 3 is 2.52 bits per heavy atom. The second-order valence-corrected chi connectivity index (χ2v) is 12.2. The van der Waals surface area contributed by atoms with Crippen LogP contribution in [0.15, 0.2) is 78.0 Å². The fraction of sp³-hybridized carbons (Fsp3) is 0.312. The number of alkyl halides is 3. The zero-order valence-electron chi connectivity index (χ0n) is 24.8. The molecular formula is C32H33F3N6OS2. The Balaban J connectivity index is 1.17. The molecule has 1 unspecified atom stereocenters. The molecule has 1 aliphatic rings. The number of nitrogens with one attached hydrogen (secondary N) is 1. The van der Waals surface area contributed by atoms with Crippen molar-refractivity contribution in [2.75, 3.05) is 17.2 Å². The molecule has 3 aromatic carbocycles. The maximum atomic E-state index is 12.4. The van der Waals surface area contributed by atoms with E-state index in [1.54, 1.807) is 11.8 Å². The van der Waals surface area contributed by atoms with Crippen molar-refractivity contribution in [2.45, 2.75) is 52.4 Å². The van der Waals surface area contributed by atoms with Gasteiger partial charge in [-0.25, -0.2) is 9.67 Å². The van der Waals surface area contributed by atoms with E-state index >= 15 is 0 Å². The van der Waals surface area contributed by atoms with Gasteiger partial charge in [0, 0.05) is 29.6 Å². The first-order chi connectivity index (χ1) is 21.0. The number of amidine groups is 1. The van der Waals surface area contributed by atoms with E-state index in [1.165, 1.54) is 52.1 Å². The SMILES string of the molecule is Cc1ccc(C(C)C)c(N2/C(=N/C(=S)NCCc3ccc(-c4ncn(-c5ccc(OC(F)(F)F)cc5)n4)cc3)SCC2C)c1. The lowest BCUT2D eigenvalue weighted by atomic mass is 9.98. The minimum absolute atomic E-state index is 0.295. The third kappa shape index (κ3) is 7.78. The molecule has 2 heterocycles. The minimum Gasteiger partial charge on any atom is -0.406 e. The van der Waals surface area contributed by atoms with Crippen LogP contribution in [0.3, 0.4) is 0 Å². The molecule has 1 N–H and O–H groups in total. The maximum Gasteiger partial charge on any atom is 0.573 e. The third-order valence-electron chi connectivity index (χ3n) is 7.09. The maximum absolute atomic E-state index is 12.4. The number of hydrogen-bond donors (Lipinski definition) is 1. The highest BCUT2D eigenvalue weighted by atomic mass is 32.2. The zero-order valence-corrected chi connectivity index (χ0v) is 26.4. The van der Waals surface area contributed by atoms with Gasteiger partial charge in [0.2, 0.25) is 0 Å². The van der Waals surface area contributed by atoms with Crippen molar-refractivity contribution < 1.29 is 17.9 Å². The van der Waals surface area contributed by atoms with Crippen molar-refractivity contribution in [1.29, 1.82) is 0 Å². The molecular weight excluding hydrogens is 606 g/mol. The van der Waals surface area contributed by atoms with Crippen LogP contribution in [0.5, 0.6) is 5.75 Å². The predicted octanol–water partition coefficient (Wildman–Crippen LogP) is 7.68. The summed E-state index contributed by atoms with van der Waals surface area (Å²) in [5, 5.41) is 9.13. The van der Waals surface area contributed by atoms with Gasteiger partial charge in [-0.1, -0.05) is 62.0 Å². The molecule has 0 saturated carbocycles. The molecule has 1 saturated heterocycles. The Kier molecular flexibility index (Phi) is 9.59. The van der Waals surface area contributed by atoms with Gasteiger partial charge in [0.05, 0.1) is 5.69 Å². The predicted molar refractivity (Wildman–Crippen MR) is 175 cm³/mol.